The predicted octanol–water partition coefficient (Wildman–Crippen LogP) is 1.25. The van der Waals surface area contributed by atoms with Crippen LogP contribution in [-0.2, 0) is 21.4 Å². The van der Waals surface area contributed by atoms with Crippen LogP contribution in [0.15, 0.2) is 6.20 Å². The predicted molar refractivity (Wildman–Crippen MR) is 58.1 cm³/mol. The van der Waals surface area contributed by atoms with Crippen molar-refractivity contribution >= 4 is 27.7 Å². The first-order valence-electron chi connectivity index (χ1n) is 4.50. The number of carbonyl (C=O) groups is 1. The summed E-state index contributed by atoms with van der Waals surface area (Å²) in [4.78, 5) is 25.2. The summed E-state index contributed by atoms with van der Waals surface area (Å²) in [5.41, 5.74) is 0. The molecule has 0 fully saturated rings. The molecule has 0 saturated carbocycles. The van der Waals surface area contributed by atoms with Gasteiger partial charge in [0.2, 0.25) is 5.82 Å². The number of nitro groups is 1. The van der Waals surface area contributed by atoms with Crippen molar-refractivity contribution in [2.24, 2.45) is 0 Å². The van der Waals surface area contributed by atoms with E-state index in [1.54, 1.807) is 6.92 Å². The molecule has 0 aromatic carbocycles. The van der Waals surface area contributed by atoms with Crippen LogP contribution in [0, 0.1) is 10.1 Å². The highest BCUT2D eigenvalue weighted by atomic mass is 79.9. The maximum atomic E-state index is 11.2. The lowest BCUT2D eigenvalue weighted by Gasteiger charge is -2.03. The molecule has 0 radical (unpaired) electrons. The molecule has 16 heavy (non-hydrogen) atoms. The lowest BCUT2D eigenvalue weighted by Crippen LogP contribution is -2.16. The Morgan fingerprint density at radius 3 is 2.94 bits per heavy atom. The number of hydrogen-bond acceptors (Lipinski definition) is 5. The minimum Gasteiger partial charge on any atom is -0.463 e. The Bertz CT molecular complexity index is 404. The average molecular weight is 292 g/mol. The Hall–Kier alpha value is -1.44. The summed E-state index contributed by atoms with van der Waals surface area (Å²) < 4.78 is 5.94. The molecule has 1 aromatic heterocycles. The Kier molecular flexibility index (Phi) is 4.41. The Labute approximate surface area is 99.7 Å². The molecule has 1 rings (SSSR count). The molecule has 0 atom stereocenters. The van der Waals surface area contributed by atoms with Crippen molar-refractivity contribution in [1.29, 1.82) is 0 Å². The van der Waals surface area contributed by atoms with Gasteiger partial charge in [0.05, 0.1) is 11.9 Å². The molecule has 1 aromatic rings. The fourth-order valence-electron chi connectivity index (χ4n) is 1.16. The van der Waals surface area contributed by atoms with Gasteiger partial charge in [0.1, 0.15) is 6.20 Å². The van der Waals surface area contributed by atoms with Gasteiger partial charge in [-0.25, -0.2) is 9.78 Å². The van der Waals surface area contributed by atoms with Crippen LogP contribution in [0.25, 0.3) is 0 Å². The molecule has 1 heterocycles. The number of carbonyl (C=O) groups excluding carboxylic acids is 1. The van der Waals surface area contributed by atoms with Gasteiger partial charge < -0.3 is 14.9 Å². The van der Waals surface area contributed by atoms with E-state index < -0.39 is 10.9 Å². The Morgan fingerprint density at radius 2 is 2.44 bits per heavy atom. The first-order valence-corrected chi connectivity index (χ1v) is 5.62. The highest BCUT2D eigenvalue weighted by Gasteiger charge is 2.22. The second-order valence-electron chi connectivity index (χ2n) is 2.81. The van der Waals surface area contributed by atoms with Crippen molar-refractivity contribution in [1.82, 2.24) is 9.55 Å². The Morgan fingerprint density at radius 1 is 1.75 bits per heavy atom. The number of esters is 1. The summed E-state index contributed by atoms with van der Waals surface area (Å²) >= 11 is 3.14. The van der Waals surface area contributed by atoms with Crippen LogP contribution in [0.5, 0.6) is 0 Å². The summed E-state index contributed by atoms with van der Waals surface area (Å²) in [6, 6.07) is 0. The molecular weight excluding hydrogens is 282 g/mol. The minimum atomic E-state index is -0.585. The number of halogens is 1. The van der Waals surface area contributed by atoms with Crippen molar-refractivity contribution in [2.45, 2.75) is 18.8 Å². The standard InChI is InChI=1S/C8H10BrN3O4/c1-2-16-8(13)5-11-6(3-9)10-4-7(11)12(14)15/h4H,2-3,5H2,1H3. The maximum Gasteiger partial charge on any atom is 0.348 e. The van der Waals surface area contributed by atoms with Crippen LogP contribution in [-0.4, -0.2) is 27.1 Å². The highest BCUT2D eigenvalue weighted by molar-refractivity contribution is 9.08. The quantitative estimate of drug-likeness (QED) is 0.353. The summed E-state index contributed by atoms with van der Waals surface area (Å²) in [6.07, 6.45) is 1.12. The molecule has 0 saturated heterocycles. The van der Waals surface area contributed by atoms with Crippen molar-refractivity contribution < 1.29 is 14.5 Å². The number of ether oxygens (including phenoxy) is 1. The number of imidazole rings is 1. The van der Waals surface area contributed by atoms with E-state index in [1.807, 2.05) is 0 Å². The fourth-order valence-corrected chi connectivity index (χ4v) is 1.61. The molecule has 0 unspecified atom stereocenters. The normalized spacial score (nSPS) is 10.1. The van der Waals surface area contributed by atoms with Gasteiger partial charge in [-0.05, 0) is 11.8 Å². The molecule has 0 aliphatic heterocycles. The van der Waals surface area contributed by atoms with Gasteiger partial charge in [0.15, 0.2) is 6.54 Å². The summed E-state index contributed by atoms with van der Waals surface area (Å²) in [5.74, 6) is -0.326. The average Bonchev–Trinajstić information content (AvgIpc) is 2.61. The highest BCUT2D eigenvalue weighted by Crippen LogP contribution is 2.16. The zero-order valence-corrected chi connectivity index (χ0v) is 10.1. The second kappa shape index (κ2) is 5.59. The van der Waals surface area contributed by atoms with Gasteiger partial charge in [-0.1, -0.05) is 15.9 Å². The number of hydrogen-bond donors (Lipinski definition) is 0. The maximum absolute atomic E-state index is 11.2. The first-order chi connectivity index (χ1) is 7.60. The van der Waals surface area contributed by atoms with E-state index >= 15 is 0 Å². The SMILES string of the molecule is CCOC(=O)Cn1c([N+](=O)[O-])cnc1CBr. The van der Waals surface area contributed by atoms with Gasteiger partial charge in [-0.2, -0.15) is 4.57 Å². The van der Waals surface area contributed by atoms with E-state index in [9.17, 15) is 14.9 Å². The van der Waals surface area contributed by atoms with Gasteiger partial charge in [0.25, 0.3) is 0 Å². The fraction of sp³-hybridized carbons (Fsp3) is 0.500. The molecule has 0 amide bonds. The third kappa shape index (κ3) is 2.78. The third-order valence-corrected chi connectivity index (χ3v) is 2.32. The van der Waals surface area contributed by atoms with Crippen LogP contribution in [0.4, 0.5) is 5.82 Å². The molecule has 88 valence electrons. The van der Waals surface area contributed by atoms with E-state index in [1.165, 1.54) is 4.57 Å². The molecule has 0 N–H and O–H groups in total. The van der Waals surface area contributed by atoms with Crippen LogP contribution >= 0.6 is 15.9 Å². The van der Waals surface area contributed by atoms with E-state index in [0.29, 0.717) is 11.2 Å². The van der Waals surface area contributed by atoms with Gasteiger partial charge in [-0.15, -0.1) is 0 Å². The zero-order valence-electron chi connectivity index (χ0n) is 8.55. The second-order valence-corrected chi connectivity index (χ2v) is 3.38. The number of alkyl halides is 1. The topological polar surface area (TPSA) is 87.3 Å². The van der Waals surface area contributed by atoms with Crippen LogP contribution in [0.3, 0.4) is 0 Å². The van der Waals surface area contributed by atoms with E-state index in [4.69, 9.17) is 4.74 Å². The molecule has 7 nitrogen and oxygen atoms in total. The zero-order chi connectivity index (χ0) is 12.1. The first kappa shape index (κ1) is 12.6. The molecular formula is C8H10BrN3O4. The van der Waals surface area contributed by atoms with Crippen molar-refractivity contribution in [2.75, 3.05) is 6.61 Å². The molecule has 8 heteroatoms. The lowest BCUT2D eigenvalue weighted by atomic mass is 10.5. The summed E-state index contributed by atoms with van der Waals surface area (Å²) in [6.45, 7) is 1.71. The van der Waals surface area contributed by atoms with E-state index in [2.05, 4.69) is 20.9 Å². The number of rotatable bonds is 5. The van der Waals surface area contributed by atoms with Gasteiger partial charge >= 0.3 is 11.8 Å². The number of aromatic nitrogens is 2. The summed E-state index contributed by atoms with van der Waals surface area (Å²) in [7, 11) is 0. The third-order valence-electron chi connectivity index (χ3n) is 1.82. The monoisotopic (exact) mass is 291 g/mol. The van der Waals surface area contributed by atoms with Gasteiger partial charge in [-0.3, -0.25) is 0 Å². The Balaban J connectivity index is 2.95. The van der Waals surface area contributed by atoms with Crippen LogP contribution in [0.1, 0.15) is 12.7 Å². The van der Waals surface area contributed by atoms with Crippen molar-refractivity contribution in [3.05, 3.63) is 22.1 Å². The smallest absolute Gasteiger partial charge is 0.348 e. The molecule has 0 spiro atoms. The minimum absolute atomic E-state index is 0.203. The van der Waals surface area contributed by atoms with Crippen LogP contribution in [0.2, 0.25) is 0 Å². The van der Waals surface area contributed by atoms with Gasteiger partial charge in [0, 0.05) is 0 Å². The van der Waals surface area contributed by atoms with E-state index in [-0.39, 0.29) is 19.0 Å². The van der Waals surface area contributed by atoms with Crippen LogP contribution < -0.4 is 0 Å². The largest absolute Gasteiger partial charge is 0.463 e. The number of nitrogens with zero attached hydrogens (tertiary/aromatic N) is 3. The molecule has 0 aliphatic carbocycles. The van der Waals surface area contributed by atoms with E-state index in [0.717, 1.165) is 6.20 Å². The van der Waals surface area contributed by atoms with Crippen molar-refractivity contribution in [3.63, 3.8) is 0 Å². The lowest BCUT2D eigenvalue weighted by molar-refractivity contribution is -0.392. The van der Waals surface area contributed by atoms with Crippen molar-refractivity contribution in [3.8, 4) is 0 Å². The molecule has 0 aliphatic rings. The summed E-state index contributed by atoms with van der Waals surface area (Å²) in [5, 5.41) is 11.0. The molecule has 0 bridgehead atoms.